The summed E-state index contributed by atoms with van der Waals surface area (Å²) in [5.74, 6) is 5.15. The SMILES string of the molecule is NOC1CCN(c2cccc(Cl)c2)C1. The van der Waals surface area contributed by atoms with Gasteiger partial charge in [0.2, 0.25) is 0 Å². The second kappa shape index (κ2) is 4.17. The fraction of sp³-hybridized carbons (Fsp3) is 0.400. The Bertz CT molecular complexity index is 319. The second-order valence-electron chi connectivity index (χ2n) is 3.47. The highest BCUT2D eigenvalue weighted by Gasteiger charge is 2.22. The Kier molecular flexibility index (Phi) is 2.91. The molecule has 0 bridgehead atoms. The Morgan fingerprint density at radius 1 is 1.50 bits per heavy atom. The fourth-order valence-electron chi connectivity index (χ4n) is 1.75. The van der Waals surface area contributed by atoms with Gasteiger partial charge in [-0.25, -0.2) is 5.90 Å². The lowest BCUT2D eigenvalue weighted by molar-refractivity contribution is 0.0690. The van der Waals surface area contributed by atoms with Crippen molar-refractivity contribution in [3.05, 3.63) is 29.3 Å². The van der Waals surface area contributed by atoms with Gasteiger partial charge in [-0.2, -0.15) is 0 Å². The molecule has 1 aliphatic rings. The van der Waals surface area contributed by atoms with E-state index in [-0.39, 0.29) is 6.10 Å². The fourth-order valence-corrected chi connectivity index (χ4v) is 1.93. The van der Waals surface area contributed by atoms with Gasteiger partial charge in [-0.3, -0.25) is 4.84 Å². The molecule has 1 heterocycles. The Morgan fingerprint density at radius 3 is 3.00 bits per heavy atom. The molecule has 0 radical (unpaired) electrons. The average molecular weight is 213 g/mol. The quantitative estimate of drug-likeness (QED) is 0.760. The minimum atomic E-state index is 0.147. The zero-order valence-corrected chi connectivity index (χ0v) is 8.57. The van der Waals surface area contributed by atoms with Crippen molar-refractivity contribution >= 4 is 17.3 Å². The molecule has 0 spiro atoms. The molecule has 1 fully saturated rings. The van der Waals surface area contributed by atoms with Gasteiger partial charge < -0.3 is 4.90 Å². The summed E-state index contributed by atoms with van der Waals surface area (Å²) in [7, 11) is 0. The van der Waals surface area contributed by atoms with Gasteiger partial charge in [-0.05, 0) is 24.6 Å². The van der Waals surface area contributed by atoms with Gasteiger partial charge in [-0.1, -0.05) is 17.7 Å². The zero-order chi connectivity index (χ0) is 9.97. The second-order valence-corrected chi connectivity index (χ2v) is 3.91. The monoisotopic (exact) mass is 212 g/mol. The van der Waals surface area contributed by atoms with Gasteiger partial charge in [0.05, 0.1) is 6.10 Å². The molecule has 0 amide bonds. The van der Waals surface area contributed by atoms with E-state index < -0.39 is 0 Å². The summed E-state index contributed by atoms with van der Waals surface area (Å²) in [6.07, 6.45) is 1.12. The topological polar surface area (TPSA) is 38.5 Å². The number of hydrogen-bond acceptors (Lipinski definition) is 3. The molecule has 0 aromatic heterocycles. The van der Waals surface area contributed by atoms with Crippen LogP contribution in [-0.2, 0) is 4.84 Å². The van der Waals surface area contributed by atoms with E-state index in [1.165, 1.54) is 0 Å². The molecule has 3 nitrogen and oxygen atoms in total. The van der Waals surface area contributed by atoms with Crippen molar-refractivity contribution in [2.45, 2.75) is 12.5 Å². The summed E-state index contributed by atoms with van der Waals surface area (Å²) in [5, 5.41) is 0.764. The van der Waals surface area contributed by atoms with Crippen LogP contribution in [0.1, 0.15) is 6.42 Å². The van der Waals surface area contributed by atoms with Crippen LogP contribution in [0.5, 0.6) is 0 Å². The third-order valence-electron chi connectivity index (χ3n) is 2.51. The van der Waals surface area contributed by atoms with Crippen LogP contribution < -0.4 is 10.8 Å². The Balaban J connectivity index is 2.09. The van der Waals surface area contributed by atoms with Crippen molar-refractivity contribution in [1.29, 1.82) is 0 Å². The first kappa shape index (κ1) is 9.77. The zero-order valence-electron chi connectivity index (χ0n) is 7.82. The maximum Gasteiger partial charge on any atom is 0.0978 e. The van der Waals surface area contributed by atoms with Crippen LogP contribution in [0.15, 0.2) is 24.3 Å². The Hall–Kier alpha value is -0.770. The number of benzene rings is 1. The summed E-state index contributed by atoms with van der Waals surface area (Å²) in [5.41, 5.74) is 1.14. The van der Waals surface area contributed by atoms with Crippen LogP contribution in [0.2, 0.25) is 5.02 Å². The van der Waals surface area contributed by atoms with Gasteiger partial charge in [0.25, 0.3) is 0 Å². The van der Waals surface area contributed by atoms with Crippen LogP contribution in [-0.4, -0.2) is 19.2 Å². The van der Waals surface area contributed by atoms with Gasteiger partial charge >= 0.3 is 0 Å². The minimum absolute atomic E-state index is 0.147. The number of hydrogen-bond donors (Lipinski definition) is 1. The molecule has 2 rings (SSSR count). The van der Waals surface area contributed by atoms with E-state index in [1.54, 1.807) is 0 Å². The predicted octanol–water partition coefficient (Wildman–Crippen LogP) is 1.81. The molecule has 1 aromatic rings. The largest absolute Gasteiger partial charge is 0.369 e. The van der Waals surface area contributed by atoms with Gasteiger partial charge in [0, 0.05) is 23.8 Å². The highest BCUT2D eigenvalue weighted by atomic mass is 35.5. The number of halogens is 1. The normalized spacial score (nSPS) is 21.6. The third-order valence-corrected chi connectivity index (χ3v) is 2.75. The van der Waals surface area contributed by atoms with Crippen molar-refractivity contribution in [1.82, 2.24) is 0 Å². The van der Waals surface area contributed by atoms with Crippen molar-refractivity contribution in [3.8, 4) is 0 Å². The van der Waals surface area contributed by atoms with Gasteiger partial charge in [0.1, 0.15) is 0 Å². The first-order valence-electron chi connectivity index (χ1n) is 4.65. The highest BCUT2D eigenvalue weighted by Crippen LogP contribution is 2.23. The molecule has 1 atom stereocenters. The van der Waals surface area contributed by atoms with Crippen molar-refractivity contribution in [2.24, 2.45) is 5.90 Å². The molecule has 1 aromatic carbocycles. The first-order chi connectivity index (χ1) is 6.79. The van der Waals surface area contributed by atoms with Crippen molar-refractivity contribution in [3.63, 3.8) is 0 Å². The molecule has 1 unspecified atom stereocenters. The summed E-state index contributed by atoms with van der Waals surface area (Å²) in [6.45, 7) is 1.82. The predicted molar refractivity (Wildman–Crippen MR) is 57.3 cm³/mol. The van der Waals surface area contributed by atoms with Crippen LogP contribution in [0, 0.1) is 0 Å². The molecule has 1 saturated heterocycles. The number of anilines is 1. The van der Waals surface area contributed by atoms with E-state index in [2.05, 4.69) is 4.90 Å². The summed E-state index contributed by atoms with van der Waals surface area (Å²) in [4.78, 5) is 7.04. The number of rotatable bonds is 2. The molecule has 4 heteroatoms. The van der Waals surface area contributed by atoms with E-state index in [9.17, 15) is 0 Å². The van der Waals surface area contributed by atoms with E-state index in [4.69, 9.17) is 22.3 Å². The van der Waals surface area contributed by atoms with Crippen LogP contribution in [0.25, 0.3) is 0 Å². The number of nitrogens with zero attached hydrogens (tertiary/aromatic N) is 1. The van der Waals surface area contributed by atoms with Crippen molar-refractivity contribution < 1.29 is 4.84 Å². The van der Waals surface area contributed by atoms with E-state index in [1.807, 2.05) is 24.3 Å². The summed E-state index contributed by atoms with van der Waals surface area (Å²) < 4.78 is 0. The number of nitrogens with two attached hydrogens (primary N) is 1. The molecule has 0 aliphatic carbocycles. The molecule has 14 heavy (non-hydrogen) atoms. The molecule has 0 saturated carbocycles. The minimum Gasteiger partial charge on any atom is -0.369 e. The maximum absolute atomic E-state index is 5.91. The lowest BCUT2D eigenvalue weighted by Crippen LogP contribution is -2.24. The van der Waals surface area contributed by atoms with E-state index in [0.29, 0.717) is 0 Å². The van der Waals surface area contributed by atoms with Gasteiger partial charge in [0.15, 0.2) is 0 Å². The van der Waals surface area contributed by atoms with Crippen LogP contribution in [0.3, 0.4) is 0 Å². The van der Waals surface area contributed by atoms with Crippen molar-refractivity contribution in [2.75, 3.05) is 18.0 Å². The van der Waals surface area contributed by atoms with Crippen LogP contribution >= 0.6 is 11.6 Å². The van der Waals surface area contributed by atoms with Gasteiger partial charge in [-0.15, -0.1) is 0 Å². The highest BCUT2D eigenvalue weighted by molar-refractivity contribution is 6.30. The van der Waals surface area contributed by atoms with E-state index >= 15 is 0 Å². The molecule has 1 aliphatic heterocycles. The first-order valence-corrected chi connectivity index (χ1v) is 5.03. The maximum atomic E-state index is 5.91. The average Bonchev–Trinajstić information content (AvgIpc) is 2.66. The molecule has 76 valence electrons. The Morgan fingerprint density at radius 2 is 2.36 bits per heavy atom. The Labute approximate surface area is 88.4 Å². The third kappa shape index (κ3) is 2.00. The molecule has 2 N–H and O–H groups in total. The summed E-state index contributed by atoms with van der Waals surface area (Å²) >= 11 is 5.91. The molecular weight excluding hydrogens is 200 g/mol. The van der Waals surface area contributed by atoms with E-state index in [0.717, 1.165) is 30.2 Å². The van der Waals surface area contributed by atoms with Crippen LogP contribution in [0.4, 0.5) is 5.69 Å². The lowest BCUT2D eigenvalue weighted by atomic mass is 10.3. The molecular formula is C10H13ClN2O. The lowest BCUT2D eigenvalue weighted by Gasteiger charge is -2.18. The summed E-state index contributed by atoms with van der Waals surface area (Å²) in [6, 6.07) is 7.83. The standard InChI is InChI=1S/C10H13ClN2O/c11-8-2-1-3-9(6-8)13-5-4-10(7-13)14-12/h1-3,6,10H,4-5,7,12H2. The smallest absolute Gasteiger partial charge is 0.0978 e.